The first-order valence-corrected chi connectivity index (χ1v) is 5.92. The Morgan fingerprint density at radius 1 is 1.11 bits per heavy atom. The average Bonchev–Trinajstić information content (AvgIpc) is 2.36. The largest absolute Gasteiger partial charge is 0.394 e. The van der Waals surface area contributed by atoms with E-state index in [4.69, 9.17) is 9.84 Å². The molecular weight excluding hydrogens is 236 g/mol. The minimum atomic E-state index is -1.25. The third-order valence-electron chi connectivity index (χ3n) is 3.45. The van der Waals surface area contributed by atoms with Crippen LogP contribution in [0.4, 0.5) is 0 Å². The van der Waals surface area contributed by atoms with E-state index in [0.29, 0.717) is 0 Å². The summed E-state index contributed by atoms with van der Waals surface area (Å²) in [5.41, 5.74) is 1.63. The molecule has 1 aliphatic heterocycles. The molecule has 5 nitrogen and oxygen atoms in total. The second-order valence-corrected chi connectivity index (χ2v) is 4.61. The molecule has 5 atom stereocenters. The quantitative estimate of drug-likeness (QED) is 0.572. The van der Waals surface area contributed by atoms with Crippen molar-refractivity contribution in [1.29, 1.82) is 0 Å². The third-order valence-corrected chi connectivity index (χ3v) is 3.45. The van der Waals surface area contributed by atoms with E-state index in [0.717, 1.165) is 11.1 Å². The highest BCUT2D eigenvalue weighted by atomic mass is 16.6. The molecule has 4 N–H and O–H groups in total. The lowest BCUT2D eigenvalue weighted by Crippen LogP contribution is -2.54. The van der Waals surface area contributed by atoms with Gasteiger partial charge in [-0.25, -0.2) is 0 Å². The summed E-state index contributed by atoms with van der Waals surface area (Å²) in [4.78, 5) is 0. The molecule has 1 fully saturated rings. The topological polar surface area (TPSA) is 90.2 Å². The lowest BCUT2D eigenvalue weighted by atomic mass is 9.83. The van der Waals surface area contributed by atoms with Crippen molar-refractivity contribution in [3.05, 3.63) is 35.4 Å². The molecule has 0 amide bonds. The van der Waals surface area contributed by atoms with Gasteiger partial charge in [-0.15, -0.1) is 0 Å². The van der Waals surface area contributed by atoms with E-state index >= 15 is 0 Å². The smallest absolute Gasteiger partial charge is 0.164 e. The Labute approximate surface area is 105 Å². The zero-order valence-electron chi connectivity index (χ0n) is 10.1. The minimum absolute atomic E-state index is 0.449. The third kappa shape index (κ3) is 2.28. The number of hydrogen-bond donors (Lipinski definition) is 4. The Morgan fingerprint density at radius 3 is 2.39 bits per heavy atom. The predicted octanol–water partition coefficient (Wildman–Crippen LogP) is -0.490. The normalized spacial score (nSPS) is 36.6. The summed E-state index contributed by atoms with van der Waals surface area (Å²) in [6, 6.07) is 7.29. The molecule has 5 heteroatoms. The Hall–Kier alpha value is -0.980. The van der Waals surface area contributed by atoms with Gasteiger partial charge in [0.2, 0.25) is 0 Å². The van der Waals surface area contributed by atoms with E-state index in [2.05, 4.69) is 0 Å². The van der Waals surface area contributed by atoms with Crippen LogP contribution in [0.3, 0.4) is 0 Å². The van der Waals surface area contributed by atoms with E-state index in [1.54, 1.807) is 12.1 Å². The van der Waals surface area contributed by atoms with Gasteiger partial charge in [-0.1, -0.05) is 24.3 Å². The Kier molecular flexibility index (Phi) is 3.99. The summed E-state index contributed by atoms with van der Waals surface area (Å²) in [6.07, 6.45) is -4.60. The van der Waals surface area contributed by atoms with Gasteiger partial charge in [0.15, 0.2) is 6.29 Å². The van der Waals surface area contributed by atoms with Gasteiger partial charge in [-0.2, -0.15) is 0 Å². The van der Waals surface area contributed by atoms with Crippen LogP contribution in [0.25, 0.3) is 0 Å². The molecule has 1 aromatic carbocycles. The lowest BCUT2D eigenvalue weighted by molar-refractivity contribution is -0.251. The van der Waals surface area contributed by atoms with Gasteiger partial charge in [-0.05, 0) is 18.1 Å². The Morgan fingerprint density at radius 2 is 1.78 bits per heavy atom. The molecule has 0 aromatic heterocycles. The van der Waals surface area contributed by atoms with E-state index in [-0.39, 0.29) is 0 Å². The zero-order valence-corrected chi connectivity index (χ0v) is 10.1. The van der Waals surface area contributed by atoms with Crippen molar-refractivity contribution < 1.29 is 25.2 Å². The maximum Gasteiger partial charge on any atom is 0.164 e. The zero-order chi connectivity index (χ0) is 13.3. The average molecular weight is 254 g/mol. The fourth-order valence-corrected chi connectivity index (χ4v) is 2.39. The lowest BCUT2D eigenvalue weighted by Gasteiger charge is -2.40. The van der Waals surface area contributed by atoms with Gasteiger partial charge >= 0.3 is 0 Å². The first-order chi connectivity index (χ1) is 8.56. The molecule has 0 spiro atoms. The maximum absolute atomic E-state index is 10.1. The van der Waals surface area contributed by atoms with Crippen LogP contribution in [-0.2, 0) is 4.74 Å². The van der Waals surface area contributed by atoms with Gasteiger partial charge < -0.3 is 25.2 Å². The number of aliphatic hydroxyl groups is 4. The summed E-state index contributed by atoms with van der Waals surface area (Å²) < 4.78 is 5.14. The van der Waals surface area contributed by atoms with Gasteiger partial charge in [0, 0.05) is 0 Å². The monoisotopic (exact) mass is 254 g/mol. The molecular formula is C13H18O5. The molecule has 0 radical (unpaired) electrons. The summed E-state index contributed by atoms with van der Waals surface area (Å²) >= 11 is 0. The number of ether oxygens (including phenoxy) is 1. The second kappa shape index (κ2) is 5.34. The molecule has 1 heterocycles. The van der Waals surface area contributed by atoms with Crippen LogP contribution in [0, 0.1) is 6.92 Å². The molecule has 2 rings (SSSR count). The fraction of sp³-hybridized carbons (Fsp3) is 0.538. The highest BCUT2D eigenvalue weighted by Crippen LogP contribution is 2.34. The molecule has 1 saturated heterocycles. The maximum atomic E-state index is 10.1. The van der Waals surface area contributed by atoms with Crippen LogP contribution in [0.5, 0.6) is 0 Å². The minimum Gasteiger partial charge on any atom is -0.394 e. The van der Waals surface area contributed by atoms with E-state index in [9.17, 15) is 15.3 Å². The Balaban J connectivity index is 2.31. The van der Waals surface area contributed by atoms with E-state index in [1.807, 2.05) is 19.1 Å². The summed E-state index contributed by atoms with van der Waals surface area (Å²) in [7, 11) is 0. The predicted molar refractivity (Wildman–Crippen MR) is 63.9 cm³/mol. The van der Waals surface area contributed by atoms with Gasteiger partial charge in [0.05, 0.1) is 18.6 Å². The van der Waals surface area contributed by atoms with Crippen molar-refractivity contribution in [1.82, 2.24) is 0 Å². The highest BCUT2D eigenvalue weighted by Gasteiger charge is 2.44. The van der Waals surface area contributed by atoms with Crippen LogP contribution < -0.4 is 0 Å². The summed E-state index contributed by atoms with van der Waals surface area (Å²) in [6.45, 7) is 1.41. The van der Waals surface area contributed by atoms with E-state index < -0.39 is 37.1 Å². The van der Waals surface area contributed by atoms with Gasteiger partial charge in [0.25, 0.3) is 0 Å². The molecule has 0 saturated carbocycles. The first kappa shape index (κ1) is 13.5. The van der Waals surface area contributed by atoms with Crippen molar-refractivity contribution in [3.8, 4) is 0 Å². The van der Waals surface area contributed by atoms with Crippen LogP contribution in [0.2, 0.25) is 0 Å². The number of benzene rings is 1. The van der Waals surface area contributed by atoms with Crippen LogP contribution in [-0.4, -0.2) is 51.6 Å². The number of aliphatic hydroxyl groups excluding tert-OH is 4. The SMILES string of the molecule is Cc1ccccc1[C@H]1C(O)O[C@H](CO)[C@@H](O)[C@@H]1O. The molecule has 0 aliphatic carbocycles. The van der Waals surface area contributed by atoms with E-state index in [1.165, 1.54) is 0 Å². The molecule has 100 valence electrons. The first-order valence-electron chi connectivity index (χ1n) is 5.92. The van der Waals surface area contributed by atoms with Crippen LogP contribution in [0.1, 0.15) is 17.0 Å². The highest BCUT2D eigenvalue weighted by molar-refractivity contribution is 5.31. The van der Waals surface area contributed by atoms with Crippen molar-refractivity contribution in [3.63, 3.8) is 0 Å². The van der Waals surface area contributed by atoms with Gasteiger partial charge in [0.1, 0.15) is 12.2 Å². The molecule has 1 aliphatic rings. The van der Waals surface area contributed by atoms with Crippen molar-refractivity contribution in [2.24, 2.45) is 0 Å². The summed E-state index contributed by atoms with van der Waals surface area (Å²) in [5.74, 6) is -0.719. The molecule has 18 heavy (non-hydrogen) atoms. The number of rotatable bonds is 2. The van der Waals surface area contributed by atoms with Crippen LogP contribution >= 0.6 is 0 Å². The van der Waals surface area contributed by atoms with Crippen molar-refractivity contribution in [2.45, 2.75) is 37.4 Å². The second-order valence-electron chi connectivity index (χ2n) is 4.61. The molecule has 0 bridgehead atoms. The molecule has 1 aromatic rings. The summed E-state index contributed by atoms with van der Waals surface area (Å²) in [5, 5.41) is 38.9. The van der Waals surface area contributed by atoms with Gasteiger partial charge in [-0.3, -0.25) is 0 Å². The Bertz CT molecular complexity index is 408. The van der Waals surface area contributed by atoms with Crippen molar-refractivity contribution in [2.75, 3.05) is 6.61 Å². The molecule has 1 unspecified atom stereocenters. The number of hydrogen-bond acceptors (Lipinski definition) is 5. The fourth-order valence-electron chi connectivity index (χ4n) is 2.39. The number of aryl methyl sites for hydroxylation is 1. The van der Waals surface area contributed by atoms with Crippen molar-refractivity contribution >= 4 is 0 Å². The van der Waals surface area contributed by atoms with Crippen LogP contribution in [0.15, 0.2) is 24.3 Å². The standard InChI is InChI=1S/C13H18O5/c1-7-4-2-3-5-8(7)10-12(16)11(15)9(6-14)18-13(10)17/h2-5,9-17H,6H2,1H3/t9-,10-,11-,12-,13?/m1/s1.